The topological polar surface area (TPSA) is 28.7 Å². The Morgan fingerprint density at radius 1 is 1.25 bits per heavy atom. The van der Waals surface area contributed by atoms with E-state index >= 15 is 0 Å². The fourth-order valence-electron chi connectivity index (χ4n) is 1.85. The maximum Gasteiger partial charge on any atom is 0.0621 e. The average Bonchev–Trinajstić information content (AvgIpc) is 2.67. The molecule has 0 aliphatic heterocycles. The third kappa shape index (κ3) is 2.45. The van der Waals surface area contributed by atoms with E-state index in [2.05, 4.69) is 57.0 Å². The minimum atomic E-state index is 0.657. The number of fused-ring (bicyclic) bond motifs is 1. The van der Waals surface area contributed by atoms with Crippen molar-refractivity contribution in [1.29, 1.82) is 5.26 Å². The molecule has 16 heavy (non-hydrogen) atoms. The predicted molar refractivity (Wildman–Crippen MR) is 69.1 cm³/mol. The third-order valence-corrected chi connectivity index (χ3v) is 3.16. The molecule has 0 amide bonds. The smallest absolute Gasteiger partial charge is 0.0621 e. The molecule has 0 aliphatic rings. The highest BCUT2D eigenvalue weighted by atomic mass is 79.9. The number of nitriles is 1. The summed E-state index contributed by atoms with van der Waals surface area (Å²) in [5.74, 6) is 0. The van der Waals surface area contributed by atoms with Crippen LogP contribution in [0.2, 0.25) is 0 Å². The van der Waals surface area contributed by atoms with Gasteiger partial charge < -0.3 is 4.57 Å². The molecule has 0 saturated heterocycles. The summed E-state index contributed by atoms with van der Waals surface area (Å²) in [5, 5.41) is 9.72. The van der Waals surface area contributed by atoms with Crippen LogP contribution in [-0.2, 0) is 6.54 Å². The summed E-state index contributed by atoms with van der Waals surface area (Å²) in [6.45, 7) is 0.993. The molecule has 82 valence electrons. The van der Waals surface area contributed by atoms with Crippen LogP contribution in [0, 0.1) is 11.3 Å². The molecule has 1 heterocycles. The second kappa shape index (κ2) is 5.18. The quantitative estimate of drug-likeness (QED) is 0.773. The van der Waals surface area contributed by atoms with Crippen molar-refractivity contribution >= 4 is 26.8 Å². The SMILES string of the molecule is N#CCCCCn1ccc2cc(Br)ccc21. The van der Waals surface area contributed by atoms with Crippen molar-refractivity contribution in [2.75, 3.05) is 0 Å². The van der Waals surface area contributed by atoms with Crippen LogP contribution in [0.4, 0.5) is 0 Å². The van der Waals surface area contributed by atoms with E-state index in [0.29, 0.717) is 6.42 Å². The van der Waals surface area contributed by atoms with Crippen LogP contribution in [0.1, 0.15) is 19.3 Å². The van der Waals surface area contributed by atoms with E-state index in [1.807, 2.05) is 0 Å². The van der Waals surface area contributed by atoms with Gasteiger partial charge in [-0.05, 0) is 37.1 Å². The standard InChI is InChI=1S/C13H13BrN2/c14-12-4-5-13-11(10-12)6-9-16(13)8-3-1-2-7-15/h4-6,9-10H,1-3,8H2. The average molecular weight is 277 g/mol. The van der Waals surface area contributed by atoms with Crippen molar-refractivity contribution in [3.63, 3.8) is 0 Å². The van der Waals surface area contributed by atoms with E-state index in [1.165, 1.54) is 10.9 Å². The van der Waals surface area contributed by atoms with Crippen LogP contribution in [0.5, 0.6) is 0 Å². The molecule has 2 nitrogen and oxygen atoms in total. The van der Waals surface area contributed by atoms with Gasteiger partial charge in [0.1, 0.15) is 0 Å². The first-order chi connectivity index (χ1) is 7.81. The molecular weight excluding hydrogens is 264 g/mol. The number of nitrogens with zero attached hydrogens (tertiary/aromatic N) is 2. The zero-order valence-corrected chi connectivity index (χ0v) is 10.6. The molecule has 0 saturated carbocycles. The summed E-state index contributed by atoms with van der Waals surface area (Å²) in [4.78, 5) is 0. The van der Waals surface area contributed by atoms with Gasteiger partial charge >= 0.3 is 0 Å². The number of halogens is 1. The molecule has 0 unspecified atom stereocenters. The number of rotatable bonds is 4. The Bertz CT molecular complexity index is 522. The second-order valence-corrected chi connectivity index (χ2v) is 4.74. The van der Waals surface area contributed by atoms with Crippen molar-refractivity contribution < 1.29 is 0 Å². The van der Waals surface area contributed by atoms with Gasteiger partial charge in [0.15, 0.2) is 0 Å². The van der Waals surface area contributed by atoms with Gasteiger partial charge in [-0.1, -0.05) is 15.9 Å². The first-order valence-electron chi connectivity index (χ1n) is 5.42. The van der Waals surface area contributed by atoms with Gasteiger partial charge in [-0.25, -0.2) is 0 Å². The van der Waals surface area contributed by atoms with Gasteiger partial charge in [0, 0.05) is 34.5 Å². The lowest BCUT2D eigenvalue weighted by Gasteiger charge is -2.04. The molecule has 0 N–H and O–H groups in total. The Morgan fingerprint density at radius 2 is 2.12 bits per heavy atom. The lowest BCUT2D eigenvalue weighted by atomic mass is 10.2. The number of hydrogen-bond acceptors (Lipinski definition) is 1. The van der Waals surface area contributed by atoms with Gasteiger partial charge in [0.2, 0.25) is 0 Å². The van der Waals surface area contributed by atoms with Gasteiger partial charge in [0.05, 0.1) is 6.07 Å². The molecule has 2 aromatic rings. The first-order valence-corrected chi connectivity index (χ1v) is 6.22. The minimum Gasteiger partial charge on any atom is -0.347 e. The van der Waals surface area contributed by atoms with Gasteiger partial charge in [-0.3, -0.25) is 0 Å². The fraction of sp³-hybridized carbons (Fsp3) is 0.308. The van der Waals surface area contributed by atoms with Crippen molar-refractivity contribution in [3.8, 4) is 6.07 Å². The van der Waals surface area contributed by atoms with Crippen molar-refractivity contribution in [2.24, 2.45) is 0 Å². The summed E-state index contributed by atoms with van der Waals surface area (Å²) in [6, 6.07) is 10.6. The summed E-state index contributed by atoms with van der Waals surface area (Å²) < 4.78 is 3.36. The maximum absolute atomic E-state index is 8.46. The highest BCUT2D eigenvalue weighted by Crippen LogP contribution is 2.21. The molecule has 1 aromatic carbocycles. The van der Waals surface area contributed by atoms with Gasteiger partial charge in [-0.15, -0.1) is 0 Å². The van der Waals surface area contributed by atoms with Crippen LogP contribution in [0.3, 0.4) is 0 Å². The summed E-state index contributed by atoms with van der Waals surface area (Å²) in [6.07, 6.45) is 4.81. The van der Waals surface area contributed by atoms with Crippen molar-refractivity contribution in [2.45, 2.75) is 25.8 Å². The van der Waals surface area contributed by atoms with Crippen LogP contribution < -0.4 is 0 Å². The summed E-state index contributed by atoms with van der Waals surface area (Å²) in [5.41, 5.74) is 1.26. The zero-order valence-electron chi connectivity index (χ0n) is 8.99. The molecule has 2 rings (SSSR count). The molecule has 0 aliphatic carbocycles. The van der Waals surface area contributed by atoms with E-state index in [0.717, 1.165) is 23.9 Å². The zero-order chi connectivity index (χ0) is 11.4. The van der Waals surface area contributed by atoms with E-state index in [4.69, 9.17) is 5.26 Å². The second-order valence-electron chi connectivity index (χ2n) is 3.83. The first kappa shape index (κ1) is 11.2. The molecule has 1 aromatic heterocycles. The number of aryl methyl sites for hydroxylation is 1. The van der Waals surface area contributed by atoms with E-state index < -0.39 is 0 Å². The number of benzene rings is 1. The normalized spacial score (nSPS) is 10.5. The molecule has 3 heteroatoms. The van der Waals surface area contributed by atoms with Crippen molar-refractivity contribution in [3.05, 3.63) is 34.9 Å². The van der Waals surface area contributed by atoms with Crippen LogP contribution in [-0.4, -0.2) is 4.57 Å². The van der Waals surface area contributed by atoms with Crippen LogP contribution in [0.25, 0.3) is 10.9 Å². The molecule has 0 atom stereocenters. The Balaban J connectivity index is 2.10. The molecule has 0 radical (unpaired) electrons. The Hall–Kier alpha value is -1.27. The largest absolute Gasteiger partial charge is 0.347 e. The molecule has 0 spiro atoms. The fourth-order valence-corrected chi connectivity index (χ4v) is 2.23. The molecule has 0 bridgehead atoms. The van der Waals surface area contributed by atoms with E-state index in [-0.39, 0.29) is 0 Å². The van der Waals surface area contributed by atoms with Gasteiger partial charge in [0.25, 0.3) is 0 Å². The van der Waals surface area contributed by atoms with Crippen molar-refractivity contribution in [1.82, 2.24) is 4.57 Å². The van der Waals surface area contributed by atoms with Crippen LogP contribution in [0.15, 0.2) is 34.9 Å². The number of hydrogen-bond donors (Lipinski definition) is 0. The Labute approximate surface area is 104 Å². The highest BCUT2D eigenvalue weighted by Gasteiger charge is 2.00. The van der Waals surface area contributed by atoms with Gasteiger partial charge in [-0.2, -0.15) is 5.26 Å². The van der Waals surface area contributed by atoms with E-state index in [1.54, 1.807) is 0 Å². The van der Waals surface area contributed by atoms with Crippen LogP contribution >= 0.6 is 15.9 Å². The number of aromatic nitrogens is 1. The lowest BCUT2D eigenvalue weighted by Crippen LogP contribution is -1.95. The Morgan fingerprint density at radius 3 is 2.94 bits per heavy atom. The third-order valence-electron chi connectivity index (χ3n) is 2.67. The minimum absolute atomic E-state index is 0.657. The Kier molecular flexibility index (Phi) is 3.63. The number of unbranched alkanes of at least 4 members (excludes halogenated alkanes) is 2. The molecular formula is C13H13BrN2. The maximum atomic E-state index is 8.46. The monoisotopic (exact) mass is 276 g/mol. The predicted octanol–water partition coefficient (Wildman–Crippen LogP) is 4.10. The molecule has 0 fully saturated rings. The lowest BCUT2D eigenvalue weighted by molar-refractivity contribution is 0.632. The summed E-state index contributed by atoms with van der Waals surface area (Å²) in [7, 11) is 0. The highest BCUT2D eigenvalue weighted by molar-refractivity contribution is 9.10. The summed E-state index contributed by atoms with van der Waals surface area (Å²) >= 11 is 3.47. The van der Waals surface area contributed by atoms with E-state index in [9.17, 15) is 0 Å².